The van der Waals surface area contributed by atoms with E-state index in [1.54, 1.807) is 0 Å². The van der Waals surface area contributed by atoms with Gasteiger partial charge in [0.15, 0.2) is 0 Å². The lowest BCUT2D eigenvalue weighted by atomic mass is 9.99. The van der Waals surface area contributed by atoms with E-state index in [1.807, 2.05) is 33.0 Å². The highest BCUT2D eigenvalue weighted by Crippen LogP contribution is 2.15. The largest absolute Gasteiger partial charge is 0.506 e. The number of rotatable bonds is 2. The Balaban J connectivity index is 0. The van der Waals surface area contributed by atoms with Crippen LogP contribution >= 0.6 is 0 Å². The third kappa shape index (κ3) is 11.5. The molecule has 0 bridgehead atoms. The van der Waals surface area contributed by atoms with Crippen LogP contribution in [0, 0.1) is 0 Å². The minimum atomic E-state index is -1.21. The number of nitrogens with one attached hydrogen (secondary N) is 1. The van der Waals surface area contributed by atoms with Crippen LogP contribution in [0.25, 0.3) is 0 Å². The van der Waals surface area contributed by atoms with Gasteiger partial charge in [-0.25, -0.2) is 4.79 Å². The quantitative estimate of drug-likeness (QED) is 0.459. The second-order valence-corrected chi connectivity index (χ2v) is 3.69. The molecule has 1 aliphatic rings. The molecule has 5 heteroatoms. The molecule has 19 heavy (non-hydrogen) atoms. The predicted octanol–water partition coefficient (Wildman–Crippen LogP) is 3.00. The molecule has 0 heterocycles. The minimum absolute atomic E-state index is 0.0997. The van der Waals surface area contributed by atoms with E-state index in [4.69, 9.17) is 14.6 Å². The van der Waals surface area contributed by atoms with E-state index in [2.05, 4.69) is 5.32 Å². The average molecular weight is 273 g/mol. The predicted molar refractivity (Wildman–Crippen MR) is 76.4 cm³/mol. The SMILES string of the molecule is CC.CC=O.CNC1CCCC/C=C/C1OC(=O)O. The fourth-order valence-corrected chi connectivity index (χ4v) is 1.70. The van der Waals surface area contributed by atoms with E-state index in [0.29, 0.717) is 0 Å². The zero-order chi connectivity index (χ0) is 15.1. The third-order valence-electron chi connectivity index (χ3n) is 2.47. The van der Waals surface area contributed by atoms with Crippen molar-refractivity contribution in [1.29, 1.82) is 0 Å². The van der Waals surface area contributed by atoms with Crippen molar-refractivity contribution < 1.29 is 19.4 Å². The molecule has 0 aromatic carbocycles. The van der Waals surface area contributed by atoms with Gasteiger partial charge < -0.3 is 20.0 Å². The molecule has 0 saturated carbocycles. The Hall–Kier alpha value is -1.36. The molecule has 0 saturated heterocycles. The first-order chi connectivity index (χ1) is 9.15. The number of likely N-dealkylation sites (N-methyl/N-ethyl adjacent to an activating group) is 1. The van der Waals surface area contributed by atoms with Gasteiger partial charge in [-0.15, -0.1) is 0 Å². The highest BCUT2D eigenvalue weighted by molar-refractivity contribution is 5.57. The lowest BCUT2D eigenvalue weighted by Crippen LogP contribution is -2.39. The van der Waals surface area contributed by atoms with E-state index in [9.17, 15) is 4.79 Å². The zero-order valence-electron chi connectivity index (χ0n) is 12.4. The van der Waals surface area contributed by atoms with Crippen molar-refractivity contribution in [2.45, 2.75) is 58.6 Å². The van der Waals surface area contributed by atoms with Crippen LogP contribution in [0.5, 0.6) is 0 Å². The second kappa shape index (κ2) is 14.7. The van der Waals surface area contributed by atoms with Crippen LogP contribution in [0.3, 0.4) is 0 Å². The van der Waals surface area contributed by atoms with Crippen LogP contribution < -0.4 is 5.32 Å². The van der Waals surface area contributed by atoms with Crippen molar-refractivity contribution in [3.05, 3.63) is 12.2 Å². The fraction of sp³-hybridized carbons (Fsp3) is 0.714. The standard InChI is InChI=1S/C10H17NO3.C2H4O.C2H6/c1-11-8-6-4-2-3-5-7-9(8)14-10(12)13;1-2-3;1-2/h5,7-9,11H,2-4,6H2,1H3,(H,12,13);2H,1H3;1-2H3/b7-5+;;. The number of carboxylic acid groups (broad SMARTS) is 1. The second-order valence-electron chi connectivity index (χ2n) is 3.69. The van der Waals surface area contributed by atoms with Crippen LogP contribution in [-0.2, 0) is 9.53 Å². The van der Waals surface area contributed by atoms with Gasteiger partial charge in [0.05, 0.1) is 0 Å². The number of carbonyl (C=O) groups excluding carboxylic acids is 1. The number of hydrogen-bond donors (Lipinski definition) is 2. The Morgan fingerprint density at radius 2 is 2.00 bits per heavy atom. The average Bonchev–Trinajstić information content (AvgIpc) is 2.36. The lowest BCUT2D eigenvalue weighted by molar-refractivity contribution is -0.106. The Bertz CT molecular complexity index is 254. The van der Waals surface area contributed by atoms with E-state index < -0.39 is 6.16 Å². The number of aldehydes is 1. The van der Waals surface area contributed by atoms with Gasteiger partial charge in [0.2, 0.25) is 0 Å². The van der Waals surface area contributed by atoms with Crippen LogP contribution in [0.2, 0.25) is 0 Å². The molecule has 0 fully saturated rings. The Morgan fingerprint density at radius 1 is 1.42 bits per heavy atom. The molecule has 5 nitrogen and oxygen atoms in total. The first-order valence-corrected chi connectivity index (χ1v) is 6.79. The molecule has 2 atom stereocenters. The topological polar surface area (TPSA) is 75.6 Å². The molecular formula is C14H27NO4. The summed E-state index contributed by atoms with van der Waals surface area (Å²) in [5.74, 6) is 0. The molecule has 2 N–H and O–H groups in total. The van der Waals surface area contributed by atoms with Gasteiger partial charge in [-0.05, 0) is 39.3 Å². The molecule has 2 unspecified atom stereocenters. The maximum atomic E-state index is 10.4. The zero-order valence-corrected chi connectivity index (χ0v) is 12.4. The third-order valence-corrected chi connectivity index (χ3v) is 2.47. The van der Waals surface area contributed by atoms with Crippen LogP contribution in [0.15, 0.2) is 12.2 Å². The van der Waals surface area contributed by atoms with Gasteiger partial charge in [0, 0.05) is 6.04 Å². The molecule has 0 amide bonds. The molecule has 1 rings (SSSR count). The summed E-state index contributed by atoms with van der Waals surface area (Å²) in [4.78, 5) is 19.2. The molecular weight excluding hydrogens is 246 g/mol. The van der Waals surface area contributed by atoms with Gasteiger partial charge in [-0.1, -0.05) is 26.3 Å². The monoisotopic (exact) mass is 273 g/mol. The maximum absolute atomic E-state index is 10.4. The van der Waals surface area contributed by atoms with Crippen molar-refractivity contribution in [3.63, 3.8) is 0 Å². The molecule has 112 valence electrons. The summed E-state index contributed by atoms with van der Waals surface area (Å²) in [7, 11) is 1.83. The summed E-state index contributed by atoms with van der Waals surface area (Å²) >= 11 is 0. The van der Waals surface area contributed by atoms with Crippen molar-refractivity contribution in [2.75, 3.05) is 7.05 Å². The summed E-state index contributed by atoms with van der Waals surface area (Å²) in [6.07, 6.45) is 7.27. The molecule has 0 aromatic heterocycles. The fourth-order valence-electron chi connectivity index (χ4n) is 1.70. The number of carbonyl (C=O) groups is 2. The Morgan fingerprint density at radius 3 is 2.47 bits per heavy atom. The van der Waals surface area contributed by atoms with Gasteiger partial charge in [0.1, 0.15) is 12.4 Å². The van der Waals surface area contributed by atoms with Crippen LogP contribution in [0.1, 0.15) is 46.5 Å². The van der Waals surface area contributed by atoms with Gasteiger partial charge in [-0.3, -0.25) is 0 Å². The van der Waals surface area contributed by atoms with Crippen LogP contribution in [-0.4, -0.2) is 36.7 Å². The summed E-state index contributed by atoms with van der Waals surface area (Å²) in [6.45, 7) is 5.44. The highest BCUT2D eigenvalue weighted by atomic mass is 16.7. The number of hydrogen-bond acceptors (Lipinski definition) is 4. The lowest BCUT2D eigenvalue weighted by Gasteiger charge is -2.24. The van der Waals surface area contributed by atoms with Crippen molar-refractivity contribution in [2.24, 2.45) is 0 Å². The first-order valence-electron chi connectivity index (χ1n) is 6.79. The minimum Gasteiger partial charge on any atom is -0.450 e. The van der Waals surface area contributed by atoms with Crippen molar-refractivity contribution in [3.8, 4) is 0 Å². The van der Waals surface area contributed by atoms with Gasteiger partial charge >= 0.3 is 6.16 Å². The normalized spacial score (nSPS) is 23.2. The van der Waals surface area contributed by atoms with Crippen LogP contribution in [0.4, 0.5) is 4.79 Å². The molecule has 0 radical (unpaired) electrons. The van der Waals surface area contributed by atoms with Crippen molar-refractivity contribution >= 4 is 12.4 Å². The highest BCUT2D eigenvalue weighted by Gasteiger charge is 2.21. The summed E-state index contributed by atoms with van der Waals surface area (Å²) in [6, 6.07) is 0.0997. The van der Waals surface area contributed by atoms with E-state index in [0.717, 1.165) is 32.0 Å². The van der Waals surface area contributed by atoms with Crippen molar-refractivity contribution in [1.82, 2.24) is 5.32 Å². The molecule has 0 aliphatic heterocycles. The Labute approximate surface area is 116 Å². The van der Waals surface area contributed by atoms with E-state index >= 15 is 0 Å². The molecule has 0 spiro atoms. The van der Waals surface area contributed by atoms with E-state index in [-0.39, 0.29) is 12.1 Å². The molecule has 0 aromatic rings. The summed E-state index contributed by atoms with van der Waals surface area (Å²) in [5, 5.41) is 11.6. The number of allylic oxidation sites excluding steroid dienone is 1. The summed E-state index contributed by atoms with van der Waals surface area (Å²) in [5.41, 5.74) is 0. The smallest absolute Gasteiger partial charge is 0.450 e. The van der Waals surface area contributed by atoms with E-state index in [1.165, 1.54) is 6.92 Å². The maximum Gasteiger partial charge on any atom is 0.506 e. The summed E-state index contributed by atoms with van der Waals surface area (Å²) < 4.78 is 4.80. The Kier molecular flexibility index (Phi) is 15.4. The molecule has 1 aliphatic carbocycles. The first kappa shape index (κ1) is 20.0. The number of ether oxygens (including phenoxy) is 1. The van der Waals surface area contributed by atoms with Gasteiger partial charge in [0.25, 0.3) is 0 Å². The van der Waals surface area contributed by atoms with Gasteiger partial charge in [-0.2, -0.15) is 0 Å².